The van der Waals surface area contributed by atoms with E-state index in [1.54, 1.807) is 0 Å². The summed E-state index contributed by atoms with van der Waals surface area (Å²) in [6, 6.07) is 8.09. The molecule has 0 saturated heterocycles. The molecule has 0 radical (unpaired) electrons. The summed E-state index contributed by atoms with van der Waals surface area (Å²) in [5, 5.41) is 9.05. The first-order chi connectivity index (χ1) is 8.76. The second-order valence-electron chi connectivity index (χ2n) is 4.32. The molecule has 0 fully saturated rings. The summed E-state index contributed by atoms with van der Waals surface area (Å²) in [4.78, 5) is 6.74. The number of fused-ring (bicyclic) bond motifs is 1. The number of benzene rings is 1. The predicted molar refractivity (Wildman–Crippen MR) is 73.3 cm³/mol. The van der Waals surface area contributed by atoms with Crippen molar-refractivity contribution < 1.29 is 5.11 Å². The summed E-state index contributed by atoms with van der Waals surface area (Å²) in [5.41, 5.74) is 2.15. The Balaban J connectivity index is 2.24. The van der Waals surface area contributed by atoms with E-state index < -0.39 is 0 Å². The quantitative estimate of drug-likeness (QED) is 0.785. The monoisotopic (exact) mass is 245 g/mol. The maximum absolute atomic E-state index is 9.05. The molecule has 4 nitrogen and oxygen atoms in total. The first-order valence-electron chi connectivity index (χ1n) is 6.10. The Morgan fingerprint density at radius 1 is 1.44 bits per heavy atom. The van der Waals surface area contributed by atoms with Gasteiger partial charge in [-0.2, -0.15) is 0 Å². The van der Waals surface area contributed by atoms with Crippen molar-refractivity contribution in [3.63, 3.8) is 0 Å². The number of hydrogen-bond acceptors (Lipinski definition) is 3. The summed E-state index contributed by atoms with van der Waals surface area (Å²) in [6.07, 6.45) is 1.85. The Kier molecular flexibility index (Phi) is 4.12. The average molecular weight is 245 g/mol. The zero-order valence-electron chi connectivity index (χ0n) is 10.7. The minimum Gasteiger partial charge on any atom is -0.395 e. The highest BCUT2D eigenvalue weighted by Crippen LogP contribution is 2.15. The number of aryl methyl sites for hydroxylation is 1. The van der Waals surface area contributed by atoms with E-state index in [9.17, 15) is 0 Å². The van der Waals surface area contributed by atoms with Crippen molar-refractivity contribution in [1.82, 2.24) is 14.5 Å². The van der Waals surface area contributed by atoms with E-state index in [4.69, 9.17) is 5.11 Å². The van der Waals surface area contributed by atoms with Crippen LogP contribution in [0.4, 0.5) is 0 Å². The highest BCUT2D eigenvalue weighted by atomic mass is 16.3. The summed E-state index contributed by atoms with van der Waals surface area (Å²) >= 11 is 0. The molecule has 0 spiro atoms. The summed E-state index contributed by atoms with van der Waals surface area (Å²) in [5.74, 6) is 1.01. The molecule has 1 heterocycles. The van der Waals surface area contributed by atoms with Crippen LogP contribution in [0.25, 0.3) is 11.0 Å². The lowest BCUT2D eigenvalue weighted by Crippen LogP contribution is -2.27. The van der Waals surface area contributed by atoms with Crippen LogP contribution < -0.4 is 0 Å². The van der Waals surface area contributed by atoms with Crippen molar-refractivity contribution in [2.24, 2.45) is 7.05 Å². The predicted octanol–water partition coefficient (Wildman–Crippen LogP) is 1.55. The van der Waals surface area contributed by atoms with E-state index >= 15 is 0 Å². The van der Waals surface area contributed by atoms with E-state index in [1.165, 1.54) is 0 Å². The van der Waals surface area contributed by atoms with E-state index in [2.05, 4.69) is 27.1 Å². The molecule has 1 N–H and O–H groups in total. The Morgan fingerprint density at radius 3 is 2.89 bits per heavy atom. The number of rotatable bonds is 6. The topological polar surface area (TPSA) is 41.3 Å². The Labute approximate surface area is 107 Å². The van der Waals surface area contributed by atoms with E-state index in [0.29, 0.717) is 6.54 Å². The average Bonchev–Trinajstić information content (AvgIpc) is 2.68. The molecule has 0 bridgehead atoms. The second-order valence-corrected chi connectivity index (χ2v) is 4.32. The van der Waals surface area contributed by atoms with Crippen molar-refractivity contribution in [3.8, 4) is 0 Å². The van der Waals surface area contributed by atoms with Crippen LogP contribution in [-0.2, 0) is 13.6 Å². The Bertz CT molecular complexity index is 533. The lowest BCUT2D eigenvalue weighted by atomic mass is 10.3. The van der Waals surface area contributed by atoms with Crippen LogP contribution >= 0.6 is 0 Å². The molecule has 4 heteroatoms. The van der Waals surface area contributed by atoms with Crippen molar-refractivity contribution in [2.75, 3.05) is 19.7 Å². The number of aromatic nitrogens is 2. The summed E-state index contributed by atoms with van der Waals surface area (Å²) in [6.45, 7) is 6.00. The van der Waals surface area contributed by atoms with Gasteiger partial charge >= 0.3 is 0 Å². The molecule has 0 saturated carbocycles. The third-order valence-electron chi connectivity index (χ3n) is 3.05. The number of aliphatic hydroxyl groups excluding tert-OH is 1. The van der Waals surface area contributed by atoms with Crippen LogP contribution in [0.3, 0.4) is 0 Å². The molecule has 1 aromatic carbocycles. The molecule has 0 atom stereocenters. The smallest absolute Gasteiger partial charge is 0.123 e. The van der Waals surface area contributed by atoms with Crippen LogP contribution in [0, 0.1) is 0 Å². The van der Waals surface area contributed by atoms with Crippen LogP contribution in [0.1, 0.15) is 5.82 Å². The molecular weight excluding hydrogens is 226 g/mol. The van der Waals surface area contributed by atoms with Gasteiger partial charge in [-0.1, -0.05) is 18.2 Å². The van der Waals surface area contributed by atoms with Gasteiger partial charge in [-0.3, -0.25) is 4.90 Å². The summed E-state index contributed by atoms with van der Waals surface area (Å²) < 4.78 is 2.10. The number of aliphatic hydroxyl groups is 1. The lowest BCUT2D eigenvalue weighted by molar-refractivity contribution is 0.199. The molecule has 96 valence electrons. The molecule has 0 aliphatic heterocycles. The van der Waals surface area contributed by atoms with Gasteiger partial charge in [-0.05, 0) is 12.1 Å². The maximum Gasteiger partial charge on any atom is 0.123 e. The number of nitrogens with zero attached hydrogens (tertiary/aromatic N) is 3. The molecule has 0 unspecified atom stereocenters. The van der Waals surface area contributed by atoms with E-state index in [-0.39, 0.29) is 6.61 Å². The number of para-hydroxylation sites is 2. The van der Waals surface area contributed by atoms with Gasteiger partial charge in [-0.25, -0.2) is 4.98 Å². The van der Waals surface area contributed by atoms with Gasteiger partial charge < -0.3 is 9.67 Å². The zero-order chi connectivity index (χ0) is 13.0. The third-order valence-corrected chi connectivity index (χ3v) is 3.05. The fourth-order valence-corrected chi connectivity index (χ4v) is 2.10. The van der Waals surface area contributed by atoms with Crippen LogP contribution in [0.15, 0.2) is 36.9 Å². The van der Waals surface area contributed by atoms with E-state index in [1.807, 2.05) is 31.3 Å². The van der Waals surface area contributed by atoms with Crippen molar-refractivity contribution in [1.29, 1.82) is 0 Å². The first-order valence-corrected chi connectivity index (χ1v) is 6.10. The van der Waals surface area contributed by atoms with Crippen molar-refractivity contribution >= 4 is 11.0 Å². The fraction of sp³-hybridized carbons (Fsp3) is 0.357. The van der Waals surface area contributed by atoms with Gasteiger partial charge in [0, 0.05) is 20.1 Å². The van der Waals surface area contributed by atoms with Crippen molar-refractivity contribution in [3.05, 3.63) is 42.7 Å². The third kappa shape index (κ3) is 2.60. The normalized spacial score (nSPS) is 11.3. The second kappa shape index (κ2) is 5.80. The molecule has 1 aromatic heterocycles. The highest BCUT2D eigenvalue weighted by Gasteiger charge is 2.10. The fourth-order valence-electron chi connectivity index (χ4n) is 2.10. The SMILES string of the molecule is C=CCN(CCO)Cc1nc2ccccc2n1C. The van der Waals surface area contributed by atoms with Crippen LogP contribution in [0.2, 0.25) is 0 Å². The Morgan fingerprint density at radius 2 is 2.22 bits per heavy atom. The Hall–Kier alpha value is -1.65. The number of hydrogen-bond donors (Lipinski definition) is 1. The highest BCUT2D eigenvalue weighted by molar-refractivity contribution is 5.75. The van der Waals surface area contributed by atoms with Gasteiger partial charge in [0.15, 0.2) is 0 Å². The van der Waals surface area contributed by atoms with Gasteiger partial charge in [0.1, 0.15) is 5.82 Å². The van der Waals surface area contributed by atoms with Gasteiger partial charge in [-0.15, -0.1) is 6.58 Å². The summed E-state index contributed by atoms with van der Waals surface area (Å²) in [7, 11) is 2.02. The standard InChI is InChI=1S/C14H19N3O/c1-3-8-17(9-10-18)11-14-15-12-6-4-5-7-13(12)16(14)2/h3-7,18H,1,8-11H2,2H3. The van der Waals surface area contributed by atoms with E-state index in [0.717, 1.165) is 29.9 Å². The number of imidazole rings is 1. The van der Waals surface area contributed by atoms with Crippen LogP contribution in [-0.4, -0.2) is 39.3 Å². The molecule has 0 aliphatic carbocycles. The van der Waals surface area contributed by atoms with Gasteiger partial charge in [0.05, 0.1) is 24.2 Å². The minimum atomic E-state index is 0.151. The molecule has 2 aromatic rings. The molecule has 0 aliphatic rings. The van der Waals surface area contributed by atoms with Crippen LogP contribution in [0.5, 0.6) is 0 Å². The molecule has 2 rings (SSSR count). The lowest BCUT2D eigenvalue weighted by Gasteiger charge is -2.18. The first kappa shape index (κ1) is 12.8. The van der Waals surface area contributed by atoms with Gasteiger partial charge in [0.25, 0.3) is 0 Å². The molecule has 18 heavy (non-hydrogen) atoms. The van der Waals surface area contributed by atoms with Gasteiger partial charge in [0.2, 0.25) is 0 Å². The maximum atomic E-state index is 9.05. The molecule has 0 amide bonds. The molecular formula is C14H19N3O. The van der Waals surface area contributed by atoms with Crippen molar-refractivity contribution in [2.45, 2.75) is 6.54 Å². The largest absolute Gasteiger partial charge is 0.395 e. The minimum absolute atomic E-state index is 0.151. The zero-order valence-corrected chi connectivity index (χ0v) is 10.7.